The SMILES string of the molecule is CCCCc1ccc(N2C(=O)C(Nc3cc(C)ccc3C)=C(Sc3ccc(Cl)cc3)C2=O)cc1. The van der Waals surface area contributed by atoms with Gasteiger partial charge in [0.05, 0.1) is 5.69 Å². The van der Waals surface area contributed by atoms with E-state index in [0.29, 0.717) is 15.6 Å². The number of carbonyl (C=O) groups is 2. The third-order valence-electron chi connectivity index (χ3n) is 5.74. The van der Waals surface area contributed by atoms with E-state index in [1.165, 1.54) is 22.2 Å². The molecule has 0 saturated heterocycles. The maximum atomic E-state index is 13.6. The van der Waals surface area contributed by atoms with E-state index in [1.54, 1.807) is 12.1 Å². The van der Waals surface area contributed by atoms with Crippen molar-refractivity contribution in [2.24, 2.45) is 0 Å². The standard InChI is InChI=1S/C28H27ClN2O2S/c1-4-5-6-20-9-13-22(14-10-20)31-27(32)25(30-24-17-18(2)7-8-19(24)3)26(28(31)33)34-23-15-11-21(29)12-16-23/h7-17,30H,4-6H2,1-3H3. The van der Waals surface area contributed by atoms with E-state index in [0.717, 1.165) is 41.0 Å². The van der Waals surface area contributed by atoms with Gasteiger partial charge < -0.3 is 5.32 Å². The third kappa shape index (κ3) is 5.21. The fraction of sp³-hybridized carbons (Fsp3) is 0.214. The lowest BCUT2D eigenvalue weighted by molar-refractivity contribution is -0.120. The van der Waals surface area contributed by atoms with E-state index in [2.05, 4.69) is 12.2 Å². The first-order valence-electron chi connectivity index (χ1n) is 11.4. The number of imide groups is 1. The molecule has 0 atom stereocenters. The molecule has 0 bridgehead atoms. The Morgan fingerprint density at radius 2 is 1.62 bits per heavy atom. The van der Waals surface area contributed by atoms with E-state index in [4.69, 9.17) is 11.6 Å². The summed E-state index contributed by atoms with van der Waals surface area (Å²) in [6.45, 7) is 6.13. The Kier molecular flexibility index (Phi) is 7.44. The summed E-state index contributed by atoms with van der Waals surface area (Å²) in [5, 5.41) is 3.89. The smallest absolute Gasteiger partial charge is 0.283 e. The number of thioether (sulfide) groups is 1. The molecule has 0 radical (unpaired) electrons. The molecular formula is C28H27ClN2O2S. The Bertz CT molecular complexity index is 1250. The second kappa shape index (κ2) is 10.5. The second-order valence-electron chi connectivity index (χ2n) is 8.42. The minimum absolute atomic E-state index is 0.286. The van der Waals surface area contributed by atoms with E-state index in [1.807, 2.05) is 68.4 Å². The van der Waals surface area contributed by atoms with Gasteiger partial charge in [-0.3, -0.25) is 9.59 Å². The number of nitrogens with one attached hydrogen (secondary N) is 1. The van der Waals surface area contributed by atoms with Gasteiger partial charge >= 0.3 is 0 Å². The molecule has 0 aromatic heterocycles. The number of rotatable bonds is 8. The second-order valence-corrected chi connectivity index (χ2v) is 9.94. The van der Waals surface area contributed by atoms with Crippen LogP contribution in [0.25, 0.3) is 0 Å². The molecule has 2 amide bonds. The number of hydrogen-bond acceptors (Lipinski definition) is 4. The molecule has 0 saturated carbocycles. The highest BCUT2D eigenvalue weighted by molar-refractivity contribution is 8.04. The first-order chi connectivity index (χ1) is 16.4. The third-order valence-corrected chi connectivity index (χ3v) is 7.08. The maximum Gasteiger partial charge on any atom is 0.283 e. The molecule has 34 heavy (non-hydrogen) atoms. The highest BCUT2D eigenvalue weighted by Gasteiger charge is 2.40. The molecule has 1 aliphatic rings. The van der Waals surface area contributed by atoms with Gasteiger partial charge in [-0.1, -0.05) is 61.0 Å². The number of hydrogen-bond donors (Lipinski definition) is 1. The number of benzene rings is 3. The van der Waals surface area contributed by atoms with Crippen molar-refractivity contribution < 1.29 is 9.59 Å². The van der Waals surface area contributed by atoms with Gasteiger partial charge in [-0.2, -0.15) is 0 Å². The zero-order valence-electron chi connectivity index (χ0n) is 19.5. The van der Waals surface area contributed by atoms with E-state index in [9.17, 15) is 9.59 Å². The average molecular weight is 491 g/mol. The quantitative estimate of drug-likeness (QED) is 0.337. The van der Waals surface area contributed by atoms with Gasteiger partial charge in [0.2, 0.25) is 0 Å². The molecule has 1 heterocycles. The maximum absolute atomic E-state index is 13.6. The van der Waals surface area contributed by atoms with Gasteiger partial charge in [0, 0.05) is 15.6 Å². The van der Waals surface area contributed by atoms with Crippen LogP contribution in [-0.2, 0) is 16.0 Å². The summed E-state index contributed by atoms with van der Waals surface area (Å²) in [4.78, 5) is 29.6. The Morgan fingerprint density at radius 3 is 2.29 bits per heavy atom. The monoisotopic (exact) mass is 490 g/mol. The van der Waals surface area contributed by atoms with Crippen molar-refractivity contribution >= 4 is 46.6 Å². The van der Waals surface area contributed by atoms with Crippen molar-refractivity contribution in [3.63, 3.8) is 0 Å². The molecule has 0 spiro atoms. The van der Waals surface area contributed by atoms with Crippen molar-refractivity contribution in [2.75, 3.05) is 10.2 Å². The molecule has 3 aromatic rings. The Balaban J connectivity index is 1.70. The number of anilines is 2. The van der Waals surface area contributed by atoms with Crippen LogP contribution < -0.4 is 10.2 Å². The summed E-state index contributed by atoms with van der Waals surface area (Å²) >= 11 is 7.30. The lowest BCUT2D eigenvalue weighted by Gasteiger charge is -2.16. The molecule has 4 nitrogen and oxygen atoms in total. The van der Waals surface area contributed by atoms with E-state index >= 15 is 0 Å². The van der Waals surface area contributed by atoms with Crippen LogP contribution in [0.5, 0.6) is 0 Å². The molecule has 1 N–H and O–H groups in total. The number of unbranched alkanes of at least 4 members (excludes halogenated alkanes) is 1. The molecule has 174 valence electrons. The number of halogens is 1. The summed E-state index contributed by atoms with van der Waals surface area (Å²) in [7, 11) is 0. The van der Waals surface area contributed by atoms with Crippen LogP contribution in [0.3, 0.4) is 0 Å². The summed E-state index contributed by atoms with van der Waals surface area (Å²) in [5.41, 5.74) is 4.92. The number of carbonyl (C=O) groups excluding carboxylic acids is 2. The predicted octanol–water partition coefficient (Wildman–Crippen LogP) is 7.29. The summed E-state index contributed by atoms with van der Waals surface area (Å²) < 4.78 is 0. The van der Waals surface area contributed by atoms with Crippen molar-refractivity contribution in [3.8, 4) is 0 Å². The minimum atomic E-state index is -0.358. The van der Waals surface area contributed by atoms with Crippen molar-refractivity contribution in [2.45, 2.75) is 44.9 Å². The fourth-order valence-corrected chi connectivity index (χ4v) is 4.82. The van der Waals surface area contributed by atoms with E-state index < -0.39 is 0 Å². The first kappa shape index (κ1) is 24.1. The zero-order chi connectivity index (χ0) is 24.2. The number of aryl methyl sites for hydroxylation is 3. The highest BCUT2D eigenvalue weighted by atomic mass is 35.5. The summed E-state index contributed by atoms with van der Waals surface area (Å²) in [5.74, 6) is -0.692. The highest BCUT2D eigenvalue weighted by Crippen LogP contribution is 2.38. The summed E-state index contributed by atoms with van der Waals surface area (Å²) in [6, 6.07) is 20.9. The molecule has 0 aliphatic carbocycles. The van der Waals surface area contributed by atoms with Gasteiger partial charge in [0.1, 0.15) is 10.6 Å². The molecule has 3 aromatic carbocycles. The van der Waals surface area contributed by atoms with Gasteiger partial charge in [-0.25, -0.2) is 4.90 Å². The van der Waals surface area contributed by atoms with Gasteiger partial charge in [-0.05, 0) is 85.8 Å². The predicted molar refractivity (Wildman–Crippen MR) is 141 cm³/mol. The normalized spacial score (nSPS) is 13.7. The number of nitrogens with zero attached hydrogens (tertiary/aromatic N) is 1. The van der Waals surface area contributed by atoms with Crippen molar-refractivity contribution in [1.82, 2.24) is 0 Å². The van der Waals surface area contributed by atoms with Crippen LogP contribution in [0.2, 0.25) is 5.02 Å². The van der Waals surface area contributed by atoms with Gasteiger partial charge in [0.15, 0.2) is 0 Å². The van der Waals surface area contributed by atoms with E-state index in [-0.39, 0.29) is 17.5 Å². The van der Waals surface area contributed by atoms with Crippen molar-refractivity contribution in [3.05, 3.63) is 99.0 Å². The largest absolute Gasteiger partial charge is 0.350 e. The van der Waals surface area contributed by atoms with Gasteiger partial charge in [0.25, 0.3) is 11.8 Å². The van der Waals surface area contributed by atoms with Crippen LogP contribution in [0, 0.1) is 13.8 Å². The minimum Gasteiger partial charge on any atom is -0.350 e. The van der Waals surface area contributed by atoms with Gasteiger partial charge in [-0.15, -0.1) is 0 Å². The molecule has 6 heteroatoms. The molecular weight excluding hydrogens is 464 g/mol. The average Bonchev–Trinajstić information content (AvgIpc) is 3.05. The molecule has 4 rings (SSSR count). The Labute approximate surface area is 210 Å². The van der Waals surface area contributed by atoms with Crippen LogP contribution in [-0.4, -0.2) is 11.8 Å². The Morgan fingerprint density at radius 1 is 0.912 bits per heavy atom. The first-order valence-corrected chi connectivity index (χ1v) is 12.6. The van der Waals surface area contributed by atoms with Crippen molar-refractivity contribution in [1.29, 1.82) is 0 Å². The zero-order valence-corrected chi connectivity index (χ0v) is 21.1. The lowest BCUT2D eigenvalue weighted by Crippen LogP contribution is -2.32. The topological polar surface area (TPSA) is 49.4 Å². The Hall–Kier alpha value is -3.02. The molecule has 0 unspecified atom stereocenters. The van der Waals surface area contributed by atoms with Crippen LogP contribution in [0.4, 0.5) is 11.4 Å². The van der Waals surface area contributed by atoms with Crippen LogP contribution >= 0.6 is 23.4 Å². The van der Waals surface area contributed by atoms with Crippen LogP contribution in [0.1, 0.15) is 36.5 Å². The lowest BCUT2D eigenvalue weighted by atomic mass is 10.1. The molecule has 1 aliphatic heterocycles. The molecule has 0 fully saturated rings. The number of amides is 2. The summed E-state index contributed by atoms with van der Waals surface area (Å²) in [6.07, 6.45) is 3.20. The van der Waals surface area contributed by atoms with Crippen LogP contribution in [0.15, 0.2) is 82.2 Å². The fourth-order valence-electron chi connectivity index (χ4n) is 3.77.